The van der Waals surface area contributed by atoms with Crippen molar-refractivity contribution in [3.8, 4) is 11.8 Å². The smallest absolute Gasteiger partial charge is 0.225 e. The summed E-state index contributed by atoms with van der Waals surface area (Å²) in [5.41, 5.74) is 1.73. The van der Waals surface area contributed by atoms with Crippen LogP contribution >= 0.6 is 0 Å². The number of nitrogens with one attached hydrogen (secondary N) is 1. The average Bonchev–Trinajstić information content (AvgIpc) is 2.64. The van der Waals surface area contributed by atoms with E-state index in [9.17, 15) is 13.2 Å². The van der Waals surface area contributed by atoms with Gasteiger partial charge in [-0.25, -0.2) is 8.42 Å². The zero-order valence-electron chi connectivity index (χ0n) is 15.2. The van der Waals surface area contributed by atoms with E-state index in [1.54, 1.807) is 55.6 Å². The van der Waals surface area contributed by atoms with E-state index in [1.165, 1.54) is 4.31 Å². The number of methoxy groups -OCH3 is 1. The highest BCUT2D eigenvalue weighted by Crippen LogP contribution is 2.15. The van der Waals surface area contributed by atoms with Crippen molar-refractivity contribution < 1.29 is 17.9 Å². The summed E-state index contributed by atoms with van der Waals surface area (Å²) in [6.45, 7) is 0.217. The number of carbonyl (C=O) groups is 1. The molecule has 0 aliphatic heterocycles. The normalized spacial score (nSPS) is 11.0. The van der Waals surface area contributed by atoms with Crippen LogP contribution in [-0.4, -0.2) is 38.5 Å². The molecular formula is C19H21N3O4S. The maximum absolute atomic E-state index is 12.1. The number of sulfonamides is 1. The highest BCUT2D eigenvalue weighted by Gasteiger charge is 2.18. The Morgan fingerprint density at radius 2 is 1.93 bits per heavy atom. The Balaban J connectivity index is 1.99. The first-order valence-electron chi connectivity index (χ1n) is 8.20. The number of hydrogen-bond donors (Lipinski definition) is 1. The maximum Gasteiger partial charge on any atom is 0.225 e. The van der Waals surface area contributed by atoms with E-state index in [2.05, 4.69) is 5.32 Å². The molecule has 0 radical (unpaired) electrons. The lowest BCUT2D eigenvalue weighted by Crippen LogP contribution is -2.32. The van der Waals surface area contributed by atoms with Gasteiger partial charge in [0.05, 0.1) is 25.0 Å². The number of carbonyl (C=O) groups excluding carboxylic acids is 1. The molecule has 8 heteroatoms. The second kappa shape index (κ2) is 9.16. The Labute approximate surface area is 159 Å². The quantitative estimate of drug-likeness (QED) is 0.749. The van der Waals surface area contributed by atoms with Crippen LogP contribution in [0.2, 0.25) is 0 Å². The molecular weight excluding hydrogens is 366 g/mol. The molecule has 0 fully saturated rings. The molecule has 2 rings (SSSR count). The molecule has 0 bridgehead atoms. The van der Waals surface area contributed by atoms with Gasteiger partial charge in [-0.2, -0.15) is 9.57 Å². The summed E-state index contributed by atoms with van der Waals surface area (Å²) in [7, 11) is -1.92. The summed E-state index contributed by atoms with van der Waals surface area (Å²) >= 11 is 0. The van der Waals surface area contributed by atoms with Crippen molar-refractivity contribution in [1.82, 2.24) is 4.31 Å². The van der Waals surface area contributed by atoms with Crippen molar-refractivity contribution in [2.24, 2.45) is 0 Å². The first-order valence-corrected chi connectivity index (χ1v) is 10.0. The molecule has 0 spiro atoms. The first kappa shape index (κ1) is 20.4. The number of amides is 1. The molecule has 0 saturated heterocycles. The van der Waals surface area contributed by atoms with E-state index in [0.29, 0.717) is 17.0 Å². The molecule has 27 heavy (non-hydrogen) atoms. The minimum absolute atomic E-state index is 0.00000583. The predicted octanol–water partition coefficient (Wildman–Crippen LogP) is 2.36. The fourth-order valence-electron chi connectivity index (χ4n) is 2.41. The molecule has 0 aliphatic rings. The Bertz CT molecular complexity index is 934. The van der Waals surface area contributed by atoms with Gasteiger partial charge in [0.2, 0.25) is 15.9 Å². The lowest BCUT2D eigenvalue weighted by Gasteiger charge is -2.20. The maximum atomic E-state index is 12.1. The summed E-state index contributed by atoms with van der Waals surface area (Å²) in [5, 5.41) is 11.6. The van der Waals surface area contributed by atoms with Gasteiger partial charge in [0.25, 0.3) is 0 Å². The van der Waals surface area contributed by atoms with Gasteiger partial charge in [-0.15, -0.1) is 0 Å². The first-order chi connectivity index (χ1) is 12.8. The number of hydrogen-bond acceptors (Lipinski definition) is 5. The molecule has 0 saturated carbocycles. The van der Waals surface area contributed by atoms with Crippen molar-refractivity contribution in [2.75, 3.05) is 25.2 Å². The number of benzene rings is 2. The standard InChI is InChI=1S/C19H21N3O4S/c1-26-18-8-6-15(7-9-18)14-22(27(2,24)25)11-10-19(23)21-17-5-3-4-16(12-17)13-20/h3-9,12H,10-11,14H2,1-2H3,(H,21,23). The monoisotopic (exact) mass is 387 g/mol. The van der Waals surface area contributed by atoms with Gasteiger partial charge in [0, 0.05) is 25.2 Å². The number of nitrogens with zero attached hydrogens (tertiary/aromatic N) is 2. The number of anilines is 1. The van der Waals surface area contributed by atoms with Gasteiger partial charge in [-0.3, -0.25) is 4.79 Å². The third-order valence-electron chi connectivity index (χ3n) is 3.85. The van der Waals surface area contributed by atoms with Gasteiger partial charge < -0.3 is 10.1 Å². The van der Waals surface area contributed by atoms with Crippen LogP contribution in [0.25, 0.3) is 0 Å². The molecule has 0 aliphatic carbocycles. The summed E-state index contributed by atoms with van der Waals surface area (Å²) in [4.78, 5) is 12.1. The molecule has 0 unspecified atom stereocenters. The highest BCUT2D eigenvalue weighted by molar-refractivity contribution is 7.88. The van der Waals surface area contributed by atoms with Gasteiger partial charge in [-0.05, 0) is 35.9 Å². The van der Waals surface area contributed by atoms with Crippen LogP contribution in [0.15, 0.2) is 48.5 Å². The average molecular weight is 387 g/mol. The molecule has 2 aromatic carbocycles. The van der Waals surface area contributed by atoms with E-state index >= 15 is 0 Å². The van der Waals surface area contributed by atoms with E-state index in [4.69, 9.17) is 10.00 Å². The summed E-state index contributed by atoms with van der Waals surface area (Å²) in [6.07, 6.45) is 1.12. The Morgan fingerprint density at radius 1 is 1.22 bits per heavy atom. The van der Waals surface area contributed by atoms with Crippen molar-refractivity contribution in [3.05, 3.63) is 59.7 Å². The zero-order chi connectivity index (χ0) is 19.9. The lowest BCUT2D eigenvalue weighted by molar-refractivity contribution is -0.116. The Kier molecular flexibility index (Phi) is 6.93. The third kappa shape index (κ3) is 6.40. The summed E-state index contributed by atoms with van der Waals surface area (Å²) in [5.74, 6) is 0.358. The molecule has 7 nitrogen and oxygen atoms in total. The molecule has 0 aromatic heterocycles. The van der Waals surface area contributed by atoms with Gasteiger partial charge in [0.15, 0.2) is 0 Å². The molecule has 1 amide bonds. The molecule has 0 atom stereocenters. The summed E-state index contributed by atoms with van der Waals surface area (Å²) in [6, 6.07) is 15.6. The summed E-state index contributed by atoms with van der Waals surface area (Å²) < 4.78 is 30.4. The number of ether oxygens (including phenoxy) is 1. The van der Waals surface area contributed by atoms with E-state index in [-0.39, 0.29) is 25.4 Å². The van der Waals surface area contributed by atoms with Gasteiger partial charge in [-0.1, -0.05) is 18.2 Å². The second-order valence-corrected chi connectivity index (χ2v) is 7.92. The molecule has 2 aromatic rings. The van der Waals surface area contributed by atoms with Crippen molar-refractivity contribution in [2.45, 2.75) is 13.0 Å². The molecule has 1 N–H and O–H groups in total. The number of nitriles is 1. The fraction of sp³-hybridized carbons (Fsp3) is 0.263. The number of rotatable bonds is 8. The third-order valence-corrected chi connectivity index (χ3v) is 5.10. The van der Waals surface area contributed by atoms with E-state index in [1.807, 2.05) is 6.07 Å². The van der Waals surface area contributed by atoms with Gasteiger partial charge >= 0.3 is 0 Å². The van der Waals surface area contributed by atoms with Crippen LogP contribution in [-0.2, 0) is 21.4 Å². The second-order valence-electron chi connectivity index (χ2n) is 5.94. The topological polar surface area (TPSA) is 99.5 Å². The predicted molar refractivity (Wildman–Crippen MR) is 103 cm³/mol. The van der Waals surface area contributed by atoms with Crippen molar-refractivity contribution in [1.29, 1.82) is 5.26 Å². The van der Waals surface area contributed by atoms with Crippen molar-refractivity contribution >= 4 is 21.6 Å². The van der Waals surface area contributed by atoms with Crippen LogP contribution in [0.4, 0.5) is 5.69 Å². The Morgan fingerprint density at radius 3 is 2.52 bits per heavy atom. The minimum Gasteiger partial charge on any atom is -0.497 e. The van der Waals surface area contributed by atoms with E-state index < -0.39 is 10.0 Å². The van der Waals surface area contributed by atoms with Gasteiger partial charge in [0.1, 0.15) is 5.75 Å². The molecule has 142 valence electrons. The van der Waals surface area contributed by atoms with Crippen LogP contribution in [0.1, 0.15) is 17.5 Å². The van der Waals surface area contributed by atoms with Crippen LogP contribution < -0.4 is 10.1 Å². The molecule has 0 heterocycles. The van der Waals surface area contributed by atoms with Crippen LogP contribution in [0.3, 0.4) is 0 Å². The zero-order valence-corrected chi connectivity index (χ0v) is 16.0. The van der Waals surface area contributed by atoms with E-state index in [0.717, 1.165) is 11.8 Å². The minimum atomic E-state index is -3.48. The SMILES string of the molecule is COc1ccc(CN(CCC(=O)Nc2cccc(C#N)c2)S(C)(=O)=O)cc1. The van der Waals surface area contributed by atoms with Crippen molar-refractivity contribution in [3.63, 3.8) is 0 Å². The largest absolute Gasteiger partial charge is 0.497 e. The Hall–Kier alpha value is -2.89. The highest BCUT2D eigenvalue weighted by atomic mass is 32.2. The lowest BCUT2D eigenvalue weighted by atomic mass is 10.2. The van der Waals surface area contributed by atoms with Crippen LogP contribution in [0, 0.1) is 11.3 Å². The fourth-order valence-corrected chi connectivity index (χ4v) is 3.22. The van der Waals surface area contributed by atoms with Crippen LogP contribution in [0.5, 0.6) is 5.75 Å².